The Kier molecular flexibility index (Phi) is 28.0. The number of carbonyl (C=O) groups is 5. The number of ether oxygens (including phenoxy) is 6. The van der Waals surface area contributed by atoms with Gasteiger partial charge >= 0.3 is 18.3 Å². The van der Waals surface area contributed by atoms with Gasteiger partial charge in [0.15, 0.2) is 5.78 Å². The number of unbranched alkanes of at least 4 members (excludes halogenated alkanes) is 3. The van der Waals surface area contributed by atoms with E-state index in [0.29, 0.717) is 91.2 Å². The van der Waals surface area contributed by atoms with Crippen LogP contribution in [-0.4, -0.2) is 95.3 Å². The van der Waals surface area contributed by atoms with Crippen molar-refractivity contribution in [2.24, 2.45) is 5.92 Å². The summed E-state index contributed by atoms with van der Waals surface area (Å²) >= 11 is 0. The first-order valence-corrected chi connectivity index (χ1v) is 22.2. The number of alkyl carbamates (subject to hydrolysis) is 3. The van der Waals surface area contributed by atoms with Crippen molar-refractivity contribution in [3.8, 4) is 0 Å². The molecule has 2 atom stereocenters. The van der Waals surface area contributed by atoms with Crippen molar-refractivity contribution in [1.29, 1.82) is 0 Å². The van der Waals surface area contributed by atoms with Crippen LogP contribution in [0, 0.1) is 5.92 Å². The van der Waals surface area contributed by atoms with Gasteiger partial charge < -0.3 is 49.7 Å². The zero-order chi connectivity index (χ0) is 45.0. The normalized spacial score (nSPS) is 11.8. The van der Waals surface area contributed by atoms with Gasteiger partial charge in [-0.2, -0.15) is 0 Å². The van der Waals surface area contributed by atoms with Crippen LogP contribution in [0.2, 0.25) is 0 Å². The number of benzene rings is 3. The smallest absolute Gasteiger partial charge is 0.408 e. The van der Waals surface area contributed by atoms with Gasteiger partial charge in [0, 0.05) is 45.2 Å². The molecule has 63 heavy (non-hydrogen) atoms. The summed E-state index contributed by atoms with van der Waals surface area (Å²) in [7, 11) is 0. The van der Waals surface area contributed by atoms with Gasteiger partial charge in [-0.25, -0.2) is 14.4 Å². The van der Waals surface area contributed by atoms with E-state index in [1.165, 1.54) is 0 Å². The van der Waals surface area contributed by atoms with E-state index in [-0.39, 0.29) is 44.4 Å². The Bertz CT molecular complexity index is 1690. The molecule has 0 aromatic heterocycles. The highest BCUT2D eigenvalue weighted by molar-refractivity contribution is 5.91. The number of Topliss-reactive ketones (excluding diaryl/α,β-unsaturated/α-hetero) is 1. The molecular formula is C48H68N4O11. The lowest BCUT2D eigenvalue weighted by atomic mass is 9.91. The standard InChI is InChI=1S/C48H68N4O11/c1-2-3-29-58-31-33-60-34-32-59-30-17-28-49-45(54)42(24-13-15-26-50-46(55)61-36-39-18-7-4-8-19-39)35-44(53)43(52-48(57)63-38-41-22-11-6-12-23-41)25-14-16-27-51-47(56)62-37-40-20-9-5-10-21-40/h4-12,18-23,42-43H,2-3,13-17,24-38H2,1H3,(H,49,54)(H,50,55)(H,51,56)(H,52,57)/t42-,43+/m1/s1. The second-order valence-electron chi connectivity index (χ2n) is 14.9. The number of ketones is 1. The summed E-state index contributed by atoms with van der Waals surface area (Å²) < 4.78 is 32.7. The lowest BCUT2D eigenvalue weighted by molar-refractivity contribution is -0.130. The molecule has 0 spiro atoms. The van der Waals surface area contributed by atoms with E-state index < -0.39 is 30.2 Å². The Morgan fingerprint density at radius 3 is 1.40 bits per heavy atom. The molecule has 0 aliphatic carbocycles. The first kappa shape index (κ1) is 51.8. The predicted octanol–water partition coefficient (Wildman–Crippen LogP) is 7.41. The first-order chi connectivity index (χ1) is 30.8. The summed E-state index contributed by atoms with van der Waals surface area (Å²) in [5.74, 6) is -1.29. The molecule has 0 saturated heterocycles. The second-order valence-corrected chi connectivity index (χ2v) is 14.9. The molecule has 0 aliphatic rings. The zero-order valence-corrected chi connectivity index (χ0v) is 36.9. The number of amides is 4. The van der Waals surface area contributed by atoms with Crippen molar-refractivity contribution in [3.63, 3.8) is 0 Å². The van der Waals surface area contributed by atoms with Crippen LogP contribution in [0.4, 0.5) is 14.4 Å². The molecular weight excluding hydrogens is 809 g/mol. The lowest BCUT2D eigenvalue weighted by Gasteiger charge is -2.21. The minimum atomic E-state index is -0.937. The lowest BCUT2D eigenvalue weighted by Crippen LogP contribution is -2.43. The largest absolute Gasteiger partial charge is 0.445 e. The van der Waals surface area contributed by atoms with Gasteiger partial charge in [0.1, 0.15) is 19.8 Å². The third-order valence-electron chi connectivity index (χ3n) is 9.73. The van der Waals surface area contributed by atoms with Gasteiger partial charge in [-0.3, -0.25) is 9.59 Å². The average Bonchev–Trinajstić information content (AvgIpc) is 3.30. The minimum Gasteiger partial charge on any atom is -0.445 e. The van der Waals surface area contributed by atoms with E-state index in [4.69, 9.17) is 28.4 Å². The molecule has 0 unspecified atom stereocenters. The van der Waals surface area contributed by atoms with Crippen LogP contribution in [0.3, 0.4) is 0 Å². The van der Waals surface area contributed by atoms with Crippen molar-refractivity contribution in [1.82, 2.24) is 21.3 Å². The summed E-state index contributed by atoms with van der Waals surface area (Å²) in [5, 5.41) is 11.1. The van der Waals surface area contributed by atoms with Crippen molar-refractivity contribution >= 4 is 30.0 Å². The topological polar surface area (TPSA) is 189 Å². The van der Waals surface area contributed by atoms with Crippen LogP contribution in [0.15, 0.2) is 91.0 Å². The highest BCUT2D eigenvalue weighted by Gasteiger charge is 2.28. The third kappa shape index (κ3) is 25.9. The molecule has 4 amide bonds. The highest BCUT2D eigenvalue weighted by Crippen LogP contribution is 2.17. The molecule has 0 radical (unpaired) electrons. The van der Waals surface area contributed by atoms with Crippen LogP contribution < -0.4 is 21.3 Å². The fourth-order valence-corrected chi connectivity index (χ4v) is 6.17. The fraction of sp³-hybridized carbons (Fsp3) is 0.521. The van der Waals surface area contributed by atoms with Crippen molar-refractivity contribution < 1.29 is 52.4 Å². The molecule has 0 bridgehead atoms. The first-order valence-electron chi connectivity index (χ1n) is 22.2. The molecule has 4 N–H and O–H groups in total. The third-order valence-corrected chi connectivity index (χ3v) is 9.73. The summed E-state index contributed by atoms with van der Waals surface area (Å²) in [6.07, 6.45) is 3.42. The van der Waals surface area contributed by atoms with Crippen molar-refractivity contribution in [3.05, 3.63) is 108 Å². The zero-order valence-electron chi connectivity index (χ0n) is 36.9. The summed E-state index contributed by atoms with van der Waals surface area (Å²) in [4.78, 5) is 65.1. The van der Waals surface area contributed by atoms with E-state index in [9.17, 15) is 24.0 Å². The number of carbonyl (C=O) groups excluding carboxylic acids is 5. The number of hydrogen-bond donors (Lipinski definition) is 4. The maximum Gasteiger partial charge on any atom is 0.408 e. The number of hydrogen-bond acceptors (Lipinski definition) is 11. The quantitative estimate of drug-likeness (QED) is 0.0346. The SMILES string of the molecule is CCCCOCCOCCOCCCNC(=O)[C@H](CCCCNC(=O)OCc1ccccc1)CC(=O)[C@H](CCCCNC(=O)OCc1ccccc1)NC(=O)OCc1ccccc1. The molecule has 0 saturated carbocycles. The van der Waals surface area contributed by atoms with Gasteiger partial charge in [-0.05, 0) is 61.6 Å². The number of rotatable bonds is 34. The maximum absolute atomic E-state index is 14.0. The van der Waals surface area contributed by atoms with E-state index in [2.05, 4.69) is 28.2 Å². The van der Waals surface area contributed by atoms with E-state index in [1.807, 2.05) is 91.0 Å². The Morgan fingerprint density at radius 1 is 0.476 bits per heavy atom. The van der Waals surface area contributed by atoms with Gasteiger partial charge in [0.25, 0.3) is 0 Å². The van der Waals surface area contributed by atoms with Crippen LogP contribution in [-0.2, 0) is 57.8 Å². The molecule has 3 aromatic rings. The Labute approximate surface area is 372 Å². The molecule has 0 fully saturated rings. The van der Waals surface area contributed by atoms with Gasteiger partial charge in [0.2, 0.25) is 5.91 Å². The summed E-state index contributed by atoms with van der Waals surface area (Å²) in [6.45, 7) is 6.48. The van der Waals surface area contributed by atoms with Crippen molar-refractivity contribution in [2.45, 2.75) is 97.0 Å². The predicted molar refractivity (Wildman–Crippen MR) is 239 cm³/mol. The van der Waals surface area contributed by atoms with Crippen LogP contribution in [0.5, 0.6) is 0 Å². The van der Waals surface area contributed by atoms with Gasteiger partial charge in [-0.15, -0.1) is 0 Å². The van der Waals surface area contributed by atoms with Gasteiger partial charge in [-0.1, -0.05) is 111 Å². The molecule has 15 heteroatoms. The maximum atomic E-state index is 14.0. The monoisotopic (exact) mass is 876 g/mol. The van der Waals surface area contributed by atoms with Crippen LogP contribution in [0.25, 0.3) is 0 Å². The van der Waals surface area contributed by atoms with E-state index in [0.717, 1.165) is 36.1 Å². The van der Waals surface area contributed by atoms with E-state index in [1.54, 1.807) is 0 Å². The Hall–Kier alpha value is -5.51. The van der Waals surface area contributed by atoms with Gasteiger partial charge in [0.05, 0.1) is 32.5 Å². The molecule has 15 nitrogen and oxygen atoms in total. The minimum absolute atomic E-state index is 0.0201. The molecule has 3 rings (SSSR count). The summed E-state index contributed by atoms with van der Waals surface area (Å²) in [5.41, 5.74) is 2.53. The van der Waals surface area contributed by atoms with Crippen molar-refractivity contribution in [2.75, 3.05) is 59.3 Å². The fourth-order valence-electron chi connectivity index (χ4n) is 6.17. The molecule has 3 aromatic carbocycles. The summed E-state index contributed by atoms with van der Waals surface area (Å²) in [6, 6.07) is 27.0. The highest BCUT2D eigenvalue weighted by atomic mass is 16.6. The Balaban J connectivity index is 1.52. The average molecular weight is 877 g/mol. The second kappa shape index (κ2) is 34.0. The Morgan fingerprint density at radius 2 is 0.905 bits per heavy atom. The van der Waals surface area contributed by atoms with Crippen LogP contribution >= 0.6 is 0 Å². The number of nitrogens with one attached hydrogen (secondary N) is 4. The van der Waals surface area contributed by atoms with Crippen LogP contribution in [0.1, 0.15) is 87.8 Å². The molecule has 346 valence electrons. The molecule has 0 heterocycles. The van der Waals surface area contributed by atoms with E-state index >= 15 is 0 Å². The molecule has 0 aliphatic heterocycles.